The second-order valence-corrected chi connectivity index (χ2v) is 5.19. The van der Waals surface area contributed by atoms with Gasteiger partial charge < -0.3 is 20.1 Å². The molecule has 1 heterocycles. The molecule has 1 amide bonds. The summed E-state index contributed by atoms with van der Waals surface area (Å²) in [5.74, 6) is -0.0808. The van der Waals surface area contributed by atoms with Gasteiger partial charge in [0.1, 0.15) is 0 Å². The van der Waals surface area contributed by atoms with E-state index in [0.717, 1.165) is 13.0 Å². The highest BCUT2D eigenvalue weighted by atomic mass is 19.3. The largest absolute Gasteiger partial charge is 0.493 e. The number of halogens is 2. The summed E-state index contributed by atoms with van der Waals surface area (Å²) in [4.78, 5) is 12.3. The molecule has 0 bridgehead atoms. The summed E-state index contributed by atoms with van der Waals surface area (Å²) in [5.41, 5.74) is -0.103. The minimum Gasteiger partial charge on any atom is -0.493 e. The number of carbonyl (C=O) groups is 1. The SMILES string of the molecule is COc1ccc(NC(=O)C2(C)CCNC2)cc1OC(F)F. The third-order valence-electron chi connectivity index (χ3n) is 3.55. The molecule has 2 N–H and O–H groups in total. The zero-order valence-electron chi connectivity index (χ0n) is 11.9. The summed E-state index contributed by atoms with van der Waals surface area (Å²) >= 11 is 0. The van der Waals surface area contributed by atoms with Crippen molar-refractivity contribution in [3.63, 3.8) is 0 Å². The van der Waals surface area contributed by atoms with Crippen molar-refractivity contribution in [3.05, 3.63) is 18.2 Å². The van der Waals surface area contributed by atoms with Crippen molar-refractivity contribution in [2.24, 2.45) is 5.41 Å². The third-order valence-corrected chi connectivity index (χ3v) is 3.55. The number of hydrogen-bond acceptors (Lipinski definition) is 4. The lowest BCUT2D eigenvalue weighted by Gasteiger charge is -2.22. The molecule has 1 atom stereocenters. The zero-order valence-corrected chi connectivity index (χ0v) is 11.9. The molecular weight excluding hydrogens is 282 g/mol. The minimum atomic E-state index is -2.96. The molecule has 0 spiro atoms. The highest BCUT2D eigenvalue weighted by Crippen LogP contribution is 2.33. The van der Waals surface area contributed by atoms with E-state index in [-0.39, 0.29) is 17.4 Å². The monoisotopic (exact) mass is 300 g/mol. The first-order valence-corrected chi connectivity index (χ1v) is 6.60. The van der Waals surface area contributed by atoms with Crippen molar-refractivity contribution < 1.29 is 23.0 Å². The number of hydrogen-bond donors (Lipinski definition) is 2. The fourth-order valence-electron chi connectivity index (χ4n) is 2.24. The van der Waals surface area contributed by atoms with Crippen LogP contribution in [0.2, 0.25) is 0 Å². The fraction of sp³-hybridized carbons (Fsp3) is 0.500. The molecule has 7 heteroatoms. The van der Waals surface area contributed by atoms with Crippen molar-refractivity contribution in [3.8, 4) is 11.5 Å². The van der Waals surface area contributed by atoms with Crippen LogP contribution in [-0.4, -0.2) is 32.7 Å². The van der Waals surface area contributed by atoms with E-state index in [1.165, 1.54) is 19.2 Å². The van der Waals surface area contributed by atoms with Crippen LogP contribution in [0.4, 0.5) is 14.5 Å². The van der Waals surface area contributed by atoms with Crippen LogP contribution in [0.5, 0.6) is 11.5 Å². The quantitative estimate of drug-likeness (QED) is 0.875. The molecule has 5 nitrogen and oxygen atoms in total. The average Bonchev–Trinajstić information content (AvgIpc) is 2.87. The number of benzene rings is 1. The topological polar surface area (TPSA) is 59.6 Å². The van der Waals surface area contributed by atoms with E-state index >= 15 is 0 Å². The number of amides is 1. The third kappa shape index (κ3) is 3.60. The summed E-state index contributed by atoms with van der Waals surface area (Å²) in [6.07, 6.45) is 0.732. The Kier molecular flexibility index (Phi) is 4.62. The molecule has 0 radical (unpaired) electrons. The van der Waals surface area contributed by atoms with Crippen LogP contribution < -0.4 is 20.1 Å². The van der Waals surface area contributed by atoms with Crippen LogP contribution in [0.3, 0.4) is 0 Å². The molecular formula is C14H18F2N2O3. The van der Waals surface area contributed by atoms with Gasteiger partial charge in [0.05, 0.1) is 12.5 Å². The maximum absolute atomic E-state index is 12.4. The fourth-order valence-corrected chi connectivity index (χ4v) is 2.24. The number of alkyl halides is 2. The van der Waals surface area contributed by atoms with E-state index in [4.69, 9.17) is 4.74 Å². The lowest BCUT2D eigenvalue weighted by atomic mass is 9.89. The van der Waals surface area contributed by atoms with Gasteiger partial charge in [0, 0.05) is 18.3 Å². The number of rotatable bonds is 5. The van der Waals surface area contributed by atoms with E-state index < -0.39 is 12.0 Å². The highest BCUT2D eigenvalue weighted by Gasteiger charge is 2.36. The van der Waals surface area contributed by atoms with Gasteiger partial charge in [-0.05, 0) is 32.0 Å². The lowest BCUT2D eigenvalue weighted by molar-refractivity contribution is -0.123. The smallest absolute Gasteiger partial charge is 0.387 e. The molecule has 1 aromatic carbocycles. The van der Waals surface area contributed by atoms with Gasteiger partial charge in [-0.1, -0.05) is 0 Å². The average molecular weight is 300 g/mol. The maximum atomic E-state index is 12.4. The summed E-state index contributed by atoms with van der Waals surface area (Å²) in [5, 5.41) is 5.86. The van der Waals surface area contributed by atoms with E-state index in [9.17, 15) is 13.6 Å². The van der Waals surface area contributed by atoms with Gasteiger partial charge in [-0.3, -0.25) is 4.79 Å². The Balaban J connectivity index is 2.14. The minimum absolute atomic E-state index is 0.111. The molecule has 116 valence electrons. The predicted octanol–water partition coefficient (Wildman–Crippen LogP) is 2.23. The van der Waals surface area contributed by atoms with Crippen LogP contribution in [-0.2, 0) is 4.79 Å². The summed E-state index contributed by atoms with van der Waals surface area (Å²) < 4.78 is 34.1. The van der Waals surface area contributed by atoms with E-state index in [0.29, 0.717) is 12.2 Å². The Morgan fingerprint density at radius 1 is 1.43 bits per heavy atom. The molecule has 1 fully saturated rings. The molecule has 0 saturated carbocycles. The van der Waals surface area contributed by atoms with Gasteiger partial charge in [0.25, 0.3) is 0 Å². The highest BCUT2D eigenvalue weighted by molar-refractivity contribution is 5.95. The standard InChI is InChI=1S/C14H18F2N2O3/c1-14(5-6-17-8-14)12(19)18-9-3-4-10(20-2)11(7-9)21-13(15)16/h3-4,7,13,17H,5-6,8H2,1-2H3,(H,18,19). The van der Waals surface area contributed by atoms with Crippen LogP contribution in [0, 0.1) is 5.41 Å². The van der Waals surface area contributed by atoms with E-state index in [1.54, 1.807) is 6.07 Å². The number of nitrogens with one attached hydrogen (secondary N) is 2. The van der Waals surface area contributed by atoms with Gasteiger partial charge in [-0.25, -0.2) is 0 Å². The molecule has 1 aromatic rings. The van der Waals surface area contributed by atoms with Gasteiger partial charge in [-0.15, -0.1) is 0 Å². The first kappa shape index (κ1) is 15.5. The Morgan fingerprint density at radius 3 is 2.76 bits per heavy atom. The Bertz CT molecular complexity index is 517. The van der Waals surface area contributed by atoms with E-state index in [2.05, 4.69) is 15.4 Å². The van der Waals surface area contributed by atoms with Crippen molar-refractivity contribution in [2.75, 3.05) is 25.5 Å². The van der Waals surface area contributed by atoms with Crippen LogP contribution in [0.1, 0.15) is 13.3 Å². The van der Waals surface area contributed by atoms with Crippen molar-refractivity contribution >= 4 is 11.6 Å². The molecule has 1 aliphatic heterocycles. The second-order valence-electron chi connectivity index (χ2n) is 5.19. The van der Waals surface area contributed by atoms with Crippen molar-refractivity contribution in [1.82, 2.24) is 5.32 Å². The second kappa shape index (κ2) is 6.26. The van der Waals surface area contributed by atoms with Gasteiger partial charge >= 0.3 is 6.61 Å². The van der Waals surface area contributed by atoms with Crippen LogP contribution >= 0.6 is 0 Å². The van der Waals surface area contributed by atoms with E-state index in [1.807, 2.05) is 6.92 Å². The molecule has 21 heavy (non-hydrogen) atoms. The summed E-state index contributed by atoms with van der Waals surface area (Å²) in [6.45, 7) is 0.283. The Morgan fingerprint density at radius 2 is 2.19 bits per heavy atom. The molecule has 0 aromatic heterocycles. The zero-order chi connectivity index (χ0) is 15.5. The molecule has 2 rings (SSSR count). The van der Waals surface area contributed by atoms with Crippen LogP contribution in [0.25, 0.3) is 0 Å². The predicted molar refractivity (Wildman–Crippen MR) is 73.8 cm³/mol. The molecule has 1 aliphatic rings. The first-order chi connectivity index (χ1) is 9.94. The van der Waals surface area contributed by atoms with Crippen molar-refractivity contribution in [2.45, 2.75) is 20.0 Å². The number of methoxy groups -OCH3 is 1. The number of ether oxygens (including phenoxy) is 2. The van der Waals surface area contributed by atoms with Crippen molar-refractivity contribution in [1.29, 1.82) is 0 Å². The molecule has 1 saturated heterocycles. The van der Waals surface area contributed by atoms with Gasteiger partial charge in [-0.2, -0.15) is 8.78 Å². The number of anilines is 1. The van der Waals surface area contributed by atoms with Gasteiger partial charge in [0.15, 0.2) is 11.5 Å². The number of carbonyl (C=O) groups excluding carboxylic acids is 1. The lowest BCUT2D eigenvalue weighted by Crippen LogP contribution is -2.35. The molecule has 1 unspecified atom stereocenters. The summed E-state index contributed by atoms with van der Waals surface area (Å²) in [7, 11) is 1.36. The normalized spacial score (nSPS) is 21.4. The van der Waals surface area contributed by atoms with Crippen LogP contribution in [0.15, 0.2) is 18.2 Å². The Hall–Kier alpha value is -1.89. The Labute approximate surface area is 121 Å². The van der Waals surface area contributed by atoms with Gasteiger partial charge in [0.2, 0.25) is 5.91 Å². The molecule has 0 aliphatic carbocycles. The first-order valence-electron chi connectivity index (χ1n) is 6.60. The maximum Gasteiger partial charge on any atom is 0.387 e. The summed E-state index contributed by atoms with van der Waals surface area (Å²) in [6, 6.07) is 4.39.